The van der Waals surface area contributed by atoms with Gasteiger partial charge >= 0.3 is 0 Å². The van der Waals surface area contributed by atoms with Crippen molar-refractivity contribution >= 4 is 35.3 Å². The standard InChI is InChI=1S/C20H25N3O4S/c24-17(5-4-15-6-7-21-18(15)25)19(26)22-13-14-2-1-3-16(12-14)20(27)23-8-10-28-11-9-23/h1-3,12,15H,4-11,13H2,(H,21,25)(H,22,26)/t15-/m1/s1. The molecule has 0 unspecified atom stereocenters. The van der Waals surface area contributed by atoms with Gasteiger partial charge in [-0.15, -0.1) is 0 Å². The Morgan fingerprint density at radius 1 is 1.21 bits per heavy atom. The van der Waals surface area contributed by atoms with Gasteiger partial charge in [0, 0.05) is 55.6 Å². The van der Waals surface area contributed by atoms with Gasteiger partial charge in [0.15, 0.2) is 0 Å². The second-order valence-corrected chi connectivity index (χ2v) is 8.25. The summed E-state index contributed by atoms with van der Waals surface area (Å²) < 4.78 is 0. The van der Waals surface area contributed by atoms with E-state index >= 15 is 0 Å². The van der Waals surface area contributed by atoms with Crippen molar-refractivity contribution in [3.05, 3.63) is 35.4 Å². The van der Waals surface area contributed by atoms with Crippen molar-refractivity contribution < 1.29 is 19.2 Å². The minimum Gasteiger partial charge on any atom is -0.356 e. The van der Waals surface area contributed by atoms with E-state index in [0.717, 1.165) is 30.2 Å². The van der Waals surface area contributed by atoms with E-state index in [1.54, 1.807) is 18.2 Å². The van der Waals surface area contributed by atoms with Gasteiger partial charge in [0.1, 0.15) is 0 Å². The Morgan fingerprint density at radius 2 is 2.00 bits per heavy atom. The molecule has 0 saturated carbocycles. The summed E-state index contributed by atoms with van der Waals surface area (Å²) in [5.74, 6) is 0.521. The minimum absolute atomic E-state index is 0.000562. The molecular formula is C20H25N3O4S. The Kier molecular flexibility index (Phi) is 7.08. The molecule has 0 radical (unpaired) electrons. The summed E-state index contributed by atoms with van der Waals surface area (Å²) in [6, 6.07) is 7.13. The number of carbonyl (C=O) groups excluding carboxylic acids is 4. The minimum atomic E-state index is -0.650. The summed E-state index contributed by atoms with van der Waals surface area (Å²) in [4.78, 5) is 50.0. The van der Waals surface area contributed by atoms with Gasteiger partial charge in [-0.25, -0.2) is 0 Å². The molecule has 3 rings (SSSR count). The van der Waals surface area contributed by atoms with Gasteiger partial charge in [0.2, 0.25) is 11.7 Å². The van der Waals surface area contributed by atoms with Crippen LogP contribution < -0.4 is 10.6 Å². The molecule has 1 atom stereocenters. The lowest BCUT2D eigenvalue weighted by Gasteiger charge is -2.26. The van der Waals surface area contributed by atoms with E-state index in [4.69, 9.17) is 0 Å². The number of rotatable bonds is 7. The molecule has 28 heavy (non-hydrogen) atoms. The van der Waals surface area contributed by atoms with E-state index < -0.39 is 11.7 Å². The normalized spacial score (nSPS) is 19.2. The third kappa shape index (κ3) is 5.34. The predicted molar refractivity (Wildman–Crippen MR) is 107 cm³/mol. The number of nitrogens with one attached hydrogen (secondary N) is 2. The molecule has 1 aromatic rings. The maximum Gasteiger partial charge on any atom is 0.287 e. The van der Waals surface area contributed by atoms with Crippen LogP contribution in [0.4, 0.5) is 0 Å². The maximum atomic E-state index is 12.6. The highest BCUT2D eigenvalue weighted by Gasteiger charge is 2.25. The number of carbonyl (C=O) groups is 4. The molecule has 8 heteroatoms. The van der Waals surface area contributed by atoms with Crippen molar-refractivity contribution in [3.63, 3.8) is 0 Å². The van der Waals surface area contributed by atoms with Gasteiger partial charge < -0.3 is 15.5 Å². The Morgan fingerprint density at radius 3 is 2.71 bits per heavy atom. The van der Waals surface area contributed by atoms with Crippen molar-refractivity contribution in [2.75, 3.05) is 31.1 Å². The first-order valence-corrected chi connectivity index (χ1v) is 10.7. The van der Waals surface area contributed by atoms with Crippen LogP contribution in [0.5, 0.6) is 0 Å². The summed E-state index contributed by atoms with van der Waals surface area (Å²) in [6.07, 6.45) is 1.18. The Bertz CT molecular complexity index is 762. The number of thioether (sulfide) groups is 1. The highest BCUT2D eigenvalue weighted by atomic mass is 32.2. The van der Waals surface area contributed by atoms with E-state index in [1.165, 1.54) is 0 Å². The first-order chi connectivity index (χ1) is 13.5. The second-order valence-electron chi connectivity index (χ2n) is 7.03. The predicted octanol–water partition coefficient (Wildman–Crippen LogP) is 0.977. The number of hydrogen-bond acceptors (Lipinski definition) is 5. The summed E-state index contributed by atoms with van der Waals surface area (Å²) in [5.41, 5.74) is 1.37. The number of amides is 3. The van der Waals surface area contributed by atoms with E-state index in [-0.39, 0.29) is 30.7 Å². The molecule has 0 bridgehead atoms. The smallest absolute Gasteiger partial charge is 0.287 e. The first kappa shape index (κ1) is 20.4. The molecule has 2 fully saturated rings. The molecule has 2 aliphatic rings. The molecule has 150 valence electrons. The molecule has 3 amide bonds. The molecule has 0 spiro atoms. The first-order valence-electron chi connectivity index (χ1n) is 9.59. The second kappa shape index (κ2) is 9.73. The van der Waals surface area contributed by atoms with Gasteiger partial charge in [-0.3, -0.25) is 19.2 Å². The van der Waals surface area contributed by atoms with E-state index in [2.05, 4.69) is 10.6 Å². The lowest BCUT2D eigenvalue weighted by atomic mass is 10.00. The fraction of sp³-hybridized carbons (Fsp3) is 0.500. The molecule has 2 aliphatic heterocycles. The van der Waals surface area contributed by atoms with Crippen LogP contribution >= 0.6 is 11.8 Å². The van der Waals surface area contributed by atoms with Crippen LogP contribution in [0.15, 0.2) is 24.3 Å². The van der Waals surface area contributed by atoms with Crippen LogP contribution in [0, 0.1) is 5.92 Å². The number of ketones is 1. The lowest BCUT2D eigenvalue weighted by Crippen LogP contribution is -2.38. The van der Waals surface area contributed by atoms with E-state index in [0.29, 0.717) is 24.9 Å². The zero-order valence-electron chi connectivity index (χ0n) is 15.7. The average Bonchev–Trinajstić information content (AvgIpc) is 3.15. The third-order valence-electron chi connectivity index (χ3n) is 5.06. The maximum absolute atomic E-state index is 12.6. The molecule has 0 aliphatic carbocycles. The average molecular weight is 404 g/mol. The van der Waals surface area contributed by atoms with Crippen LogP contribution in [0.25, 0.3) is 0 Å². The molecule has 2 saturated heterocycles. The van der Waals surface area contributed by atoms with Crippen LogP contribution in [0.2, 0.25) is 0 Å². The fourth-order valence-corrected chi connectivity index (χ4v) is 4.29. The molecular weight excluding hydrogens is 378 g/mol. The van der Waals surface area contributed by atoms with Crippen molar-refractivity contribution in [2.24, 2.45) is 5.92 Å². The summed E-state index contributed by atoms with van der Waals surface area (Å²) >= 11 is 1.84. The quantitative estimate of drug-likeness (QED) is 0.662. The zero-order chi connectivity index (χ0) is 19.9. The van der Waals surface area contributed by atoms with E-state index in [1.807, 2.05) is 22.7 Å². The van der Waals surface area contributed by atoms with Crippen molar-refractivity contribution in [1.82, 2.24) is 15.5 Å². The van der Waals surface area contributed by atoms with Gasteiger partial charge in [-0.2, -0.15) is 11.8 Å². The highest BCUT2D eigenvalue weighted by molar-refractivity contribution is 7.99. The summed E-state index contributed by atoms with van der Waals surface area (Å²) in [7, 11) is 0. The number of Topliss-reactive ketones (excluding diaryl/α,β-unsaturated/α-hetero) is 1. The Labute approximate surface area is 168 Å². The SMILES string of the molecule is O=C(CC[C@@H]1CCNC1=O)C(=O)NCc1cccc(C(=O)N2CCSCC2)c1. The van der Waals surface area contributed by atoms with Crippen molar-refractivity contribution in [3.8, 4) is 0 Å². The summed E-state index contributed by atoms with van der Waals surface area (Å²) in [6.45, 7) is 2.32. The topological polar surface area (TPSA) is 95.6 Å². The molecule has 2 N–H and O–H groups in total. The highest BCUT2D eigenvalue weighted by Crippen LogP contribution is 2.16. The van der Waals surface area contributed by atoms with Gasteiger partial charge in [-0.05, 0) is 30.5 Å². The van der Waals surface area contributed by atoms with Gasteiger partial charge in [0.05, 0.1) is 0 Å². The summed E-state index contributed by atoms with van der Waals surface area (Å²) in [5, 5.41) is 5.34. The number of benzene rings is 1. The third-order valence-corrected chi connectivity index (χ3v) is 6.00. The monoisotopic (exact) mass is 403 g/mol. The molecule has 0 aromatic heterocycles. The zero-order valence-corrected chi connectivity index (χ0v) is 16.6. The lowest BCUT2D eigenvalue weighted by molar-refractivity contribution is -0.138. The van der Waals surface area contributed by atoms with Crippen molar-refractivity contribution in [1.29, 1.82) is 0 Å². The van der Waals surface area contributed by atoms with Crippen LogP contribution in [0.3, 0.4) is 0 Å². The number of hydrogen-bond donors (Lipinski definition) is 2. The van der Waals surface area contributed by atoms with Crippen molar-refractivity contribution in [2.45, 2.75) is 25.8 Å². The largest absolute Gasteiger partial charge is 0.356 e. The van der Waals surface area contributed by atoms with Gasteiger partial charge in [-0.1, -0.05) is 12.1 Å². The number of nitrogens with zero attached hydrogens (tertiary/aromatic N) is 1. The van der Waals surface area contributed by atoms with Crippen LogP contribution in [-0.2, 0) is 20.9 Å². The van der Waals surface area contributed by atoms with Gasteiger partial charge in [0.25, 0.3) is 11.8 Å². The molecule has 7 nitrogen and oxygen atoms in total. The molecule has 1 aromatic carbocycles. The van der Waals surface area contributed by atoms with Crippen LogP contribution in [-0.4, -0.2) is 59.5 Å². The Hall–Kier alpha value is -2.35. The fourth-order valence-electron chi connectivity index (χ4n) is 3.38. The molecule has 2 heterocycles. The Balaban J connectivity index is 1.48. The van der Waals surface area contributed by atoms with Crippen LogP contribution in [0.1, 0.15) is 35.2 Å². The van der Waals surface area contributed by atoms with E-state index in [9.17, 15) is 19.2 Å².